The van der Waals surface area contributed by atoms with Gasteiger partial charge in [0.1, 0.15) is 0 Å². The Kier molecular flexibility index (Phi) is 3.42. The summed E-state index contributed by atoms with van der Waals surface area (Å²) < 4.78 is 1.62. The number of thioether (sulfide) groups is 1. The monoisotopic (exact) mass is 321 g/mol. The molecule has 23 heavy (non-hydrogen) atoms. The van der Waals surface area contributed by atoms with Crippen molar-refractivity contribution < 1.29 is 0 Å². The van der Waals surface area contributed by atoms with Crippen LogP contribution in [0.2, 0.25) is 0 Å². The number of aromatic nitrogens is 3. The number of aryl methyl sites for hydroxylation is 1. The van der Waals surface area contributed by atoms with Gasteiger partial charge in [-0.15, -0.1) is 11.8 Å². The number of nitrogens with one attached hydrogen (secondary N) is 1. The van der Waals surface area contributed by atoms with Gasteiger partial charge in [0.05, 0.1) is 11.0 Å². The summed E-state index contributed by atoms with van der Waals surface area (Å²) in [4.78, 5) is 21.4. The second-order valence-electron chi connectivity index (χ2n) is 5.49. The number of fused-ring (bicyclic) bond motifs is 3. The SMILES string of the molecule is Cc1ccc(SCc2cc(=O)n3c(nc4ccccc43)[nH]2)cc1. The maximum atomic E-state index is 12.4. The molecule has 4 nitrogen and oxygen atoms in total. The van der Waals surface area contributed by atoms with E-state index in [0.29, 0.717) is 11.5 Å². The minimum absolute atomic E-state index is 0.0491. The van der Waals surface area contributed by atoms with Gasteiger partial charge in [0.2, 0.25) is 5.78 Å². The number of para-hydroxylation sites is 2. The first kappa shape index (κ1) is 14.1. The first-order valence-corrected chi connectivity index (χ1v) is 8.38. The van der Waals surface area contributed by atoms with Crippen molar-refractivity contribution in [1.29, 1.82) is 0 Å². The highest BCUT2D eigenvalue weighted by Gasteiger charge is 2.08. The van der Waals surface area contributed by atoms with Crippen LogP contribution in [-0.2, 0) is 5.75 Å². The summed E-state index contributed by atoms with van der Waals surface area (Å²) in [6, 6.07) is 17.7. The van der Waals surface area contributed by atoms with Crippen molar-refractivity contribution in [2.24, 2.45) is 0 Å². The van der Waals surface area contributed by atoms with Gasteiger partial charge in [-0.2, -0.15) is 0 Å². The van der Waals surface area contributed by atoms with Crippen molar-refractivity contribution in [3.05, 3.63) is 76.2 Å². The van der Waals surface area contributed by atoms with Crippen molar-refractivity contribution in [2.75, 3.05) is 0 Å². The third-order valence-corrected chi connectivity index (χ3v) is 4.83. The van der Waals surface area contributed by atoms with E-state index in [9.17, 15) is 4.79 Å². The Hall–Kier alpha value is -2.53. The zero-order valence-corrected chi connectivity index (χ0v) is 13.4. The molecule has 114 valence electrons. The number of nitrogens with zero attached hydrogens (tertiary/aromatic N) is 2. The Morgan fingerprint density at radius 3 is 2.74 bits per heavy atom. The molecular formula is C18H15N3OS. The molecule has 4 rings (SSSR count). The number of rotatable bonds is 3. The molecule has 0 saturated carbocycles. The lowest BCUT2D eigenvalue weighted by Crippen LogP contribution is -2.14. The zero-order valence-electron chi connectivity index (χ0n) is 12.6. The number of hydrogen-bond donors (Lipinski definition) is 1. The van der Waals surface area contributed by atoms with Crippen molar-refractivity contribution in [1.82, 2.24) is 14.4 Å². The van der Waals surface area contributed by atoms with Crippen LogP contribution in [-0.4, -0.2) is 14.4 Å². The molecule has 0 aliphatic rings. The third kappa shape index (κ3) is 2.64. The average Bonchev–Trinajstić information content (AvgIpc) is 2.93. The van der Waals surface area contributed by atoms with Gasteiger partial charge >= 0.3 is 0 Å². The van der Waals surface area contributed by atoms with Gasteiger partial charge in [-0.3, -0.25) is 4.79 Å². The topological polar surface area (TPSA) is 50.2 Å². The number of imidazole rings is 1. The first-order chi connectivity index (χ1) is 11.2. The average molecular weight is 321 g/mol. The van der Waals surface area contributed by atoms with Crippen molar-refractivity contribution >= 4 is 28.6 Å². The van der Waals surface area contributed by atoms with Crippen LogP contribution < -0.4 is 5.56 Å². The summed E-state index contributed by atoms with van der Waals surface area (Å²) in [5, 5.41) is 0. The van der Waals surface area contributed by atoms with Gasteiger partial charge in [0, 0.05) is 22.4 Å². The fraction of sp³-hybridized carbons (Fsp3) is 0.111. The maximum absolute atomic E-state index is 12.4. The van der Waals surface area contributed by atoms with E-state index in [0.717, 1.165) is 16.7 Å². The fourth-order valence-corrected chi connectivity index (χ4v) is 3.41. The lowest BCUT2D eigenvalue weighted by Gasteiger charge is -2.04. The number of hydrogen-bond acceptors (Lipinski definition) is 3. The summed E-state index contributed by atoms with van der Waals surface area (Å²) in [6.45, 7) is 2.07. The summed E-state index contributed by atoms with van der Waals surface area (Å²) >= 11 is 1.70. The Labute approximate surface area is 137 Å². The fourth-order valence-electron chi connectivity index (χ4n) is 2.60. The minimum Gasteiger partial charge on any atom is -0.328 e. The second-order valence-corrected chi connectivity index (χ2v) is 6.54. The van der Waals surface area contributed by atoms with Crippen LogP contribution in [0.4, 0.5) is 0 Å². The molecule has 0 saturated heterocycles. The van der Waals surface area contributed by atoms with E-state index < -0.39 is 0 Å². The van der Waals surface area contributed by atoms with Crippen LogP contribution in [0, 0.1) is 6.92 Å². The molecular weight excluding hydrogens is 306 g/mol. The summed E-state index contributed by atoms with van der Waals surface area (Å²) in [7, 11) is 0. The highest BCUT2D eigenvalue weighted by molar-refractivity contribution is 7.98. The molecule has 0 bridgehead atoms. The highest BCUT2D eigenvalue weighted by Crippen LogP contribution is 2.22. The maximum Gasteiger partial charge on any atom is 0.259 e. The summed E-state index contributed by atoms with van der Waals surface area (Å²) in [5.74, 6) is 1.30. The van der Waals surface area contributed by atoms with Gasteiger partial charge in [0.15, 0.2) is 0 Å². The van der Waals surface area contributed by atoms with E-state index in [-0.39, 0.29) is 5.56 Å². The molecule has 0 amide bonds. The number of H-pyrrole nitrogens is 1. The van der Waals surface area contributed by atoms with Crippen LogP contribution in [0.3, 0.4) is 0 Å². The predicted octanol–water partition coefficient (Wildman–Crippen LogP) is 3.78. The van der Waals surface area contributed by atoms with Gasteiger partial charge in [-0.25, -0.2) is 9.38 Å². The molecule has 0 radical (unpaired) electrons. The second kappa shape index (κ2) is 5.59. The Morgan fingerprint density at radius 2 is 1.91 bits per heavy atom. The lowest BCUT2D eigenvalue weighted by molar-refractivity contribution is 1.04. The predicted molar refractivity (Wildman–Crippen MR) is 94.1 cm³/mol. The van der Waals surface area contributed by atoms with E-state index in [1.165, 1.54) is 10.5 Å². The Morgan fingerprint density at radius 1 is 1.13 bits per heavy atom. The van der Waals surface area contributed by atoms with E-state index in [2.05, 4.69) is 41.2 Å². The molecule has 0 atom stereocenters. The van der Waals surface area contributed by atoms with Gasteiger partial charge in [-0.1, -0.05) is 29.8 Å². The molecule has 0 aliphatic heterocycles. The quantitative estimate of drug-likeness (QED) is 0.584. The smallest absolute Gasteiger partial charge is 0.259 e. The van der Waals surface area contributed by atoms with Crippen LogP contribution in [0.15, 0.2) is 64.3 Å². The third-order valence-electron chi connectivity index (χ3n) is 3.77. The Balaban J connectivity index is 1.69. The van der Waals surface area contributed by atoms with E-state index in [1.54, 1.807) is 22.2 Å². The molecule has 4 aromatic rings. The molecule has 1 N–H and O–H groups in total. The van der Waals surface area contributed by atoms with Crippen LogP contribution in [0.1, 0.15) is 11.3 Å². The lowest BCUT2D eigenvalue weighted by atomic mass is 10.2. The molecule has 0 unspecified atom stereocenters. The van der Waals surface area contributed by atoms with Crippen LogP contribution in [0.5, 0.6) is 0 Å². The van der Waals surface area contributed by atoms with Gasteiger partial charge in [0.25, 0.3) is 5.56 Å². The molecule has 2 heterocycles. The number of benzene rings is 2. The molecule has 0 fully saturated rings. The largest absolute Gasteiger partial charge is 0.328 e. The van der Waals surface area contributed by atoms with Crippen molar-refractivity contribution in [3.63, 3.8) is 0 Å². The summed E-state index contributed by atoms with van der Waals surface area (Å²) in [6.07, 6.45) is 0. The zero-order chi connectivity index (χ0) is 15.8. The Bertz CT molecular complexity index is 1050. The van der Waals surface area contributed by atoms with Gasteiger partial charge in [-0.05, 0) is 31.2 Å². The number of aromatic amines is 1. The van der Waals surface area contributed by atoms with E-state index in [4.69, 9.17) is 0 Å². The van der Waals surface area contributed by atoms with E-state index in [1.807, 2.05) is 24.3 Å². The summed E-state index contributed by atoms with van der Waals surface area (Å²) in [5.41, 5.74) is 3.73. The standard InChI is InChI=1S/C18H15N3OS/c1-12-6-8-14(9-7-12)23-11-13-10-17(22)21-16-5-3-2-4-15(16)20-18(21)19-13/h2-10H,11H2,1H3,(H,19,20). The molecule has 2 aromatic carbocycles. The molecule has 2 aromatic heterocycles. The van der Waals surface area contributed by atoms with Crippen molar-refractivity contribution in [3.8, 4) is 0 Å². The van der Waals surface area contributed by atoms with Crippen LogP contribution >= 0.6 is 11.8 Å². The molecule has 0 spiro atoms. The van der Waals surface area contributed by atoms with Crippen molar-refractivity contribution in [2.45, 2.75) is 17.6 Å². The van der Waals surface area contributed by atoms with Crippen LogP contribution in [0.25, 0.3) is 16.8 Å². The van der Waals surface area contributed by atoms with Gasteiger partial charge < -0.3 is 4.98 Å². The molecule has 0 aliphatic carbocycles. The first-order valence-electron chi connectivity index (χ1n) is 7.39. The highest BCUT2D eigenvalue weighted by atomic mass is 32.2. The molecule has 5 heteroatoms. The van der Waals surface area contributed by atoms with E-state index >= 15 is 0 Å². The normalized spacial score (nSPS) is 11.3. The minimum atomic E-state index is -0.0491.